The maximum Gasteiger partial charge on any atom is 0.244 e. The lowest BCUT2D eigenvalue weighted by Gasteiger charge is -2.04. The Hall–Kier alpha value is -2.10. The molecule has 2 rings (SSSR count). The van der Waals surface area contributed by atoms with E-state index in [-0.39, 0.29) is 5.91 Å². The number of hydrogen-bond acceptors (Lipinski definition) is 2. The Bertz CT molecular complexity index is 650. The Labute approximate surface area is 135 Å². The second-order valence-electron chi connectivity index (χ2n) is 4.86. The molecule has 0 spiro atoms. The summed E-state index contributed by atoms with van der Waals surface area (Å²) >= 11 is 5.89. The molecule has 114 valence electrons. The third-order valence-electron chi connectivity index (χ3n) is 3.08. The molecule has 0 aromatic heterocycles. The highest BCUT2D eigenvalue weighted by Crippen LogP contribution is 2.11. The molecule has 1 amide bonds. The third kappa shape index (κ3) is 5.35. The minimum atomic E-state index is -0.138. The van der Waals surface area contributed by atoms with Crippen molar-refractivity contribution in [1.29, 1.82) is 0 Å². The lowest BCUT2D eigenvalue weighted by atomic mass is 10.1. The van der Waals surface area contributed by atoms with E-state index in [1.807, 2.05) is 36.4 Å². The Kier molecular flexibility index (Phi) is 6.19. The summed E-state index contributed by atoms with van der Waals surface area (Å²) in [5.41, 5.74) is 3.05. The topological polar surface area (TPSA) is 38.3 Å². The summed E-state index contributed by atoms with van der Waals surface area (Å²) in [7, 11) is 1.67. The largest absolute Gasteiger partial charge is 0.380 e. The molecule has 0 aliphatic carbocycles. The van der Waals surface area contributed by atoms with Crippen LogP contribution < -0.4 is 5.32 Å². The zero-order valence-electron chi connectivity index (χ0n) is 12.4. The number of nitrogens with one attached hydrogen (secondary N) is 1. The van der Waals surface area contributed by atoms with E-state index in [4.69, 9.17) is 16.3 Å². The summed E-state index contributed by atoms with van der Waals surface area (Å²) in [5, 5.41) is 3.50. The molecule has 0 atom stereocenters. The van der Waals surface area contributed by atoms with Crippen molar-refractivity contribution in [2.24, 2.45) is 0 Å². The van der Waals surface area contributed by atoms with Gasteiger partial charge in [0.05, 0.1) is 6.61 Å². The van der Waals surface area contributed by atoms with Crippen LogP contribution in [0.25, 0.3) is 6.08 Å². The highest BCUT2D eigenvalue weighted by atomic mass is 35.5. The summed E-state index contributed by atoms with van der Waals surface area (Å²) in [5.74, 6) is -0.138. The summed E-state index contributed by atoms with van der Waals surface area (Å²) < 4.78 is 5.06. The van der Waals surface area contributed by atoms with E-state index >= 15 is 0 Å². The first-order chi connectivity index (χ1) is 10.7. The van der Waals surface area contributed by atoms with Gasteiger partial charge in [-0.1, -0.05) is 48.0 Å². The van der Waals surface area contributed by atoms with Gasteiger partial charge in [0, 0.05) is 24.8 Å². The fraction of sp³-hybridized carbons (Fsp3) is 0.167. The Morgan fingerprint density at radius 2 is 1.91 bits per heavy atom. The predicted octanol–water partition coefficient (Wildman–Crippen LogP) is 3.82. The van der Waals surface area contributed by atoms with Crippen molar-refractivity contribution in [2.45, 2.75) is 13.2 Å². The van der Waals surface area contributed by atoms with Crippen LogP contribution in [0.2, 0.25) is 5.02 Å². The summed E-state index contributed by atoms with van der Waals surface area (Å²) in [6, 6.07) is 15.3. The van der Waals surface area contributed by atoms with Crippen molar-refractivity contribution in [2.75, 3.05) is 7.11 Å². The number of halogens is 1. The molecular formula is C18H18ClNO2. The lowest BCUT2D eigenvalue weighted by molar-refractivity contribution is -0.116. The number of rotatable bonds is 6. The Morgan fingerprint density at radius 3 is 2.59 bits per heavy atom. The molecule has 0 aliphatic heterocycles. The maximum absolute atomic E-state index is 11.8. The average Bonchev–Trinajstić information content (AvgIpc) is 2.53. The highest BCUT2D eigenvalue weighted by Gasteiger charge is 1.98. The molecule has 0 heterocycles. The number of benzene rings is 2. The van der Waals surface area contributed by atoms with Gasteiger partial charge in [-0.05, 0) is 34.9 Å². The molecule has 1 N–H and O–H groups in total. The van der Waals surface area contributed by atoms with Crippen molar-refractivity contribution < 1.29 is 9.53 Å². The fourth-order valence-corrected chi connectivity index (χ4v) is 2.15. The van der Waals surface area contributed by atoms with Crippen molar-refractivity contribution in [1.82, 2.24) is 5.32 Å². The predicted molar refractivity (Wildman–Crippen MR) is 89.5 cm³/mol. The minimum absolute atomic E-state index is 0.138. The van der Waals surface area contributed by atoms with Crippen molar-refractivity contribution in [3.05, 3.63) is 76.3 Å². The zero-order chi connectivity index (χ0) is 15.8. The van der Waals surface area contributed by atoms with E-state index in [0.29, 0.717) is 18.2 Å². The average molecular weight is 316 g/mol. The third-order valence-corrected chi connectivity index (χ3v) is 3.31. The number of hydrogen-bond donors (Lipinski definition) is 1. The van der Waals surface area contributed by atoms with Gasteiger partial charge in [0.15, 0.2) is 0 Å². The number of carbonyl (C=O) groups is 1. The van der Waals surface area contributed by atoms with Gasteiger partial charge in [-0.2, -0.15) is 0 Å². The number of amides is 1. The van der Waals surface area contributed by atoms with Gasteiger partial charge in [-0.3, -0.25) is 4.79 Å². The van der Waals surface area contributed by atoms with E-state index in [2.05, 4.69) is 5.32 Å². The first kappa shape index (κ1) is 16.3. The Morgan fingerprint density at radius 1 is 1.18 bits per heavy atom. The van der Waals surface area contributed by atoms with Crippen LogP contribution in [0, 0.1) is 0 Å². The maximum atomic E-state index is 11.8. The van der Waals surface area contributed by atoms with E-state index < -0.39 is 0 Å². The van der Waals surface area contributed by atoms with Crippen LogP contribution in [-0.4, -0.2) is 13.0 Å². The van der Waals surface area contributed by atoms with Crippen LogP contribution in [0.1, 0.15) is 16.7 Å². The van der Waals surface area contributed by atoms with Gasteiger partial charge in [0.1, 0.15) is 0 Å². The van der Waals surface area contributed by atoms with E-state index in [1.165, 1.54) is 6.08 Å². The normalized spacial score (nSPS) is 10.8. The highest BCUT2D eigenvalue weighted by molar-refractivity contribution is 6.30. The summed E-state index contributed by atoms with van der Waals surface area (Å²) in [6.45, 7) is 1.08. The van der Waals surface area contributed by atoms with E-state index in [9.17, 15) is 4.79 Å². The molecule has 0 aliphatic rings. The Balaban J connectivity index is 1.84. The van der Waals surface area contributed by atoms with Gasteiger partial charge < -0.3 is 10.1 Å². The van der Waals surface area contributed by atoms with Crippen LogP contribution >= 0.6 is 11.6 Å². The molecule has 2 aromatic carbocycles. The lowest BCUT2D eigenvalue weighted by Crippen LogP contribution is -2.20. The molecule has 3 nitrogen and oxygen atoms in total. The molecule has 0 bridgehead atoms. The standard InChI is InChI=1S/C18H18ClNO2/c1-22-13-16-7-5-15(6-8-16)12-20-18(21)10-9-14-3-2-4-17(19)11-14/h2-11H,12-13H2,1H3,(H,20,21)/b10-9+. The second-order valence-corrected chi connectivity index (χ2v) is 5.29. The number of methoxy groups -OCH3 is 1. The molecule has 2 aromatic rings. The van der Waals surface area contributed by atoms with E-state index in [1.54, 1.807) is 25.3 Å². The molecule has 4 heteroatoms. The smallest absolute Gasteiger partial charge is 0.244 e. The monoisotopic (exact) mass is 315 g/mol. The van der Waals surface area contributed by atoms with E-state index in [0.717, 1.165) is 16.7 Å². The van der Waals surface area contributed by atoms with Crippen molar-refractivity contribution in [3.63, 3.8) is 0 Å². The first-order valence-electron chi connectivity index (χ1n) is 6.95. The van der Waals surface area contributed by atoms with Crippen LogP contribution in [0.3, 0.4) is 0 Å². The van der Waals surface area contributed by atoms with Crippen molar-refractivity contribution in [3.8, 4) is 0 Å². The zero-order valence-corrected chi connectivity index (χ0v) is 13.1. The quantitative estimate of drug-likeness (QED) is 0.823. The van der Waals surface area contributed by atoms with Crippen LogP contribution in [-0.2, 0) is 22.7 Å². The first-order valence-corrected chi connectivity index (χ1v) is 7.33. The molecule has 0 fully saturated rings. The van der Waals surface area contributed by atoms with Gasteiger partial charge in [0.2, 0.25) is 5.91 Å². The van der Waals surface area contributed by atoms with Crippen LogP contribution in [0.5, 0.6) is 0 Å². The van der Waals surface area contributed by atoms with Crippen LogP contribution in [0.4, 0.5) is 0 Å². The molecule has 0 saturated heterocycles. The minimum Gasteiger partial charge on any atom is -0.380 e. The van der Waals surface area contributed by atoms with Crippen molar-refractivity contribution >= 4 is 23.6 Å². The van der Waals surface area contributed by atoms with Crippen LogP contribution in [0.15, 0.2) is 54.6 Å². The van der Waals surface area contributed by atoms with Gasteiger partial charge >= 0.3 is 0 Å². The van der Waals surface area contributed by atoms with Gasteiger partial charge in [-0.25, -0.2) is 0 Å². The molecule has 22 heavy (non-hydrogen) atoms. The summed E-state index contributed by atoms with van der Waals surface area (Å²) in [6.07, 6.45) is 3.24. The van der Waals surface area contributed by atoms with Gasteiger partial charge in [0.25, 0.3) is 0 Å². The molecular weight excluding hydrogens is 298 g/mol. The SMILES string of the molecule is COCc1ccc(CNC(=O)/C=C/c2cccc(Cl)c2)cc1. The molecule has 0 unspecified atom stereocenters. The number of ether oxygens (including phenoxy) is 1. The molecule has 0 saturated carbocycles. The molecule has 0 radical (unpaired) electrons. The number of carbonyl (C=O) groups excluding carboxylic acids is 1. The second kappa shape index (κ2) is 8.37. The fourth-order valence-electron chi connectivity index (χ4n) is 1.95. The summed E-state index contributed by atoms with van der Waals surface area (Å²) in [4.78, 5) is 11.8. The van der Waals surface area contributed by atoms with Gasteiger partial charge in [-0.15, -0.1) is 0 Å².